The fourth-order valence-corrected chi connectivity index (χ4v) is 4.47. The Morgan fingerprint density at radius 2 is 2.12 bits per heavy atom. The maximum Gasteiger partial charge on any atom is 0.182 e. The minimum atomic E-state index is -3.49. The van der Waals surface area contributed by atoms with Crippen molar-refractivity contribution in [2.45, 2.75) is 31.6 Å². The third kappa shape index (κ3) is 3.74. The normalized spacial score (nSPS) is 14.5. The molecule has 0 N–H and O–H groups in total. The van der Waals surface area contributed by atoms with Crippen LogP contribution in [-0.2, 0) is 9.84 Å². The molecule has 0 bridgehead atoms. The molecule has 1 aromatic rings. The van der Waals surface area contributed by atoms with Gasteiger partial charge in [-0.05, 0) is 50.6 Å². The lowest BCUT2D eigenvalue weighted by molar-refractivity contribution is 0.597. The van der Waals surface area contributed by atoms with E-state index in [0.29, 0.717) is 22.6 Å². The van der Waals surface area contributed by atoms with Gasteiger partial charge >= 0.3 is 0 Å². The molecule has 0 fully saturated rings. The fourth-order valence-electron chi connectivity index (χ4n) is 2.80. The quantitative estimate of drug-likeness (QED) is 0.599. The van der Waals surface area contributed by atoms with Crippen molar-refractivity contribution in [1.29, 1.82) is 0 Å². The third-order valence-corrected chi connectivity index (χ3v) is 5.66. The van der Waals surface area contributed by atoms with E-state index in [9.17, 15) is 8.42 Å². The lowest BCUT2D eigenvalue weighted by Crippen LogP contribution is -2.14. The highest BCUT2D eigenvalue weighted by Crippen LogP contribution is 2.29. The molecule has 0 spiro atoms. The Morgan fingerprint density at radius 3 is 2.75 bits per heavy atom. The van der Waals surface area contributed by atoms with Gasteiger partial charge in [-0.25, -0.2) is 8.42 Å². The SMILES string of the molecule is C=Cc1cc(C)ccc1S(=O)(=O)CC1=C(N=C)C(C#CC)=CCC1. The van der Waals surface area contributed by atoms with E-state index in [1.807, 2.05) is 19.1 Å². The zero-order valence-electron chi connectivity index (χ0n) is 14.1. The van der Waals surface area contributed by atoms with Gasteiger partial charge in [0.2, 0.25) is 0 Å². The van der Waals surface area contributed by atoms with Crippen molar-refractivity contribution in [2.24, 2.45) is 4.99 Å². The Bertz CT molecular complexity index is 907. The molecule has 0 saturated heterocycles. The van der Waals surface area contributed by atoms with Crippen molar-refractivity contribution >= 4 is 22.6 Å². The molecule has 0 heterocycles. The molecule has 24 heavy (non-hydrogen) atoms. The highest BCUT2D eigenvalue weighted by atomic mass is 32.2. The Labute approximate surface area is 144 Å². The summed E-state index contributed by atoms with van der Waals surface area (Å²) in [7, 11) is -3.49. The number of hydrogen-bond acceptors (Lipinski definition) is 3. The topological polar surface area (TPSA) is 46.5 Å². The average molecular weight is 339 g/mol. The summed E-state index contributed by atoms with van der Waals surface area (Å²) in [4.78, 5) is 4.34. The summed E-state index contributed by atoms with van der Waals surface area (Å²) in [6.45, 7) is 11.0. The minimum absolute atomic E-state index is 0.0754. The van der Waals surface area contributed by atoms with Crippen molar-refractivity contribution in [3.05, 3.63) is 58.8 Å². The Balaban J connectivity index is 2.48. The van der Waals surface area contributed by atoms with E-state index in [1.54, 1.807) is 25.1 Å². The molecule has 124 valence electrons. The summed E-state index contributed by atoms with van der Waals surface area (Å²) in [5.74, 6) is 5.74. The standard InChI is InChI=1S/C20H21NO2S/c1-5-8-17-9-7-10-18(20(17)21-4)14-24(22,23)19-12-11-15(3)13-16(19)6-2/h6,9,11-13H,2,4,7,10,14H2,1,3H3. The minimum Gasteiger partial charge on any atom is -0.263 e. The Hall–Kier alpha value is -2.38. The van der Waals surface area contributed by atoms with Gasteiger partial charge in [0.25, 0.3) is 0 Å². The highest BCUT2D eigenvalue weighted by Gasteiger charge is 2.23. The van der Waals surface area contributed by atoms with Crippen molar-refractivity contribution in [2.75, 3.05) is 5.75 Å². The van der Waals surface area contributed by atoms with Crippen LogP contribution in [0.15, 0.2) is 57.6 Å². The molecule has 0 unspecified atom stereocenters. The van der Waals surface area contributed by atoms with E-state index in [0.717, 1.165) is 23.1 Å². The van der Waals surface area contributed by atoms with Crippen LogP contribution in [0.5, 0.6) is 0 Å². The summed E-state index contributed by atoms with van der Waals surface area (Å²) in [5.41, 5.74) is 3.75. The molecular formula is C20H21NO2S. The van der Waals surface area contributed by atoms with E-state index >= 15 is 0 Å². The molecule has 0 saturated carbocycles. The average Bonchev–Trinajstić information content (AvgIpc) is 2.54. The second-order valence-corrected chi connectivity index (χ2v) is 7.60. The van der Waals surface area contributed by atoms with Crippen LogP contribution in [0.25, 0.3) is 6.08 Å². The number of nitrogens with zero attached hydrogens (tertiary/aromatic N) is 1. The molecule has 4 heteroatoms. The largest absolute Gasteiger partial charge is 0.263 e. The molecular weight excluding hydrogens is 318 g/mol. The smallest absolute Gasteiger partial charge is 0.182 e. The molecule has 1 aromatic carbocycles. The van der Waals surface area contributed by atoms with Crippen LogP contribution < -0.4 is 0 Å². The molecule has 0 aromatic heterocycles. The van der Waals surface area contributed by atoms with Gasteiger partial charge in [0.1, 0.15) is 0 Å². The van der Waals surface area contributed by atoms with Crippen molar-refractivity contribution < 1.29 is 8.42 Å². The van der Waals surface area contributed by atoms with Crippen LogP contribution in [0.1, 0.15) is 30.9 Å². The van der Waals surface area contributed by atoms with Crippen LogP contribution in [0.3, 0.4) is 0 Å². The van der Waals surface area contributed by atoms with E-state index < -0.39 is 9.84 Å². The van der Waals surface area contributed by atoms with E-state index in [1.165, 1.54) is 0 Å². The van der Waals surface area contributed by atoms with Gasteiger partial charge in [0.15, 0.2) is 9.84 Å². The first-order chi connectivity index (χ1) is 11.4. The summed E-state index contributed by atoms with van der Waals surface area (Å²) >= 11 is 0. The zero-order valence-corrected chi connectivity index (χ0v) is 14.9. The van der Waals surface area contributed by atoms with E-state index in [2.05, 4.69) is 30.1 Å². The number of rotatable bonds is 5. The molecule has 2 rings (SSSR count). The third-order valence-electron chi connectivity index (χ3n) is 3.89. The van der Waals surface area contributed by atoms with Crippen molar-refractivity contribution in [3.8, 4) is 11.8 Å². The Kier molecular flexibility index (Phi) is 5.58. The van der Waals surface area contributed by atoms with Gasteiger partial charge in [-0.3, -0.25) is 4.99 Å². The number of hydrogen-bond donors (Lipinski definition) is 0. The van der Waals surface area contributed by atoms with Crippen LogP contribution in [0.2, 0.25) is 0 Å². The molecule has 0 atom stereocenters. The number of allylic oxidation sites excluding steroid dienone is 2. The van der Waals surface area contributed by atoms with Crippen LogP contribution in [0, 0.1) is 18.8 Å². The van der Waals surface area contributed by atoms with Crippen LogP contribution in [0.4, 0.5) is 0 Å². The maximum atomic E-state index is 12.9. The molecule has 1 aliphatic rings. The first kappa shape index (κ1) is 18.0. The molecule has 1 aliphatic carbocycles. The summed E-state index contributed by atoms with van der Waals surface area (Å²) in [6.07, 6.45) is 4.97. The predicted molar refractivity (Wildman–Crippen MR) is 101 cm³/mol. The second-order valence-electron chi connectivity index (χ2n) is 5.65. The number of sulfone groups is 1. The van der Waals surface area contributed by atoms with Gasteiger partial charge in [-0.15, -0.1) is 5.92 Å². The van der Waals surface area contributed by atoms with E-state index in [-0.39, 0.29) is 5.75 Å². The molecule has 3 nitrogen and oxygen atoms in total. The molecule has 0 radical (unpaired) electrons. The summed E-state index contributed by atoms with van der Waals surface area (Å²) in [5, 5.41) is 0. The number of aryl methyl sites for hydroxylation is 1. The number of aliphatic imine (C=N–C) groups is 1. The van der Waals surface area contributed by atoms with Gasteiger partial charge < -0.3 is 0 Å². The zero-order chi connectivity index (χ0) is 17.7. The van der Waals surface area contributed by atoms with Crippen LogP contribution in [-0.4, -0.2) is 20.9 Å². The van der Waals surface area contributed by atoms with Gasteiger partial charge in [0.05, 0.1) is 16.3 Å². The van der Waals surface area contributed by atoms with Gasteiger partial charge in [-0.1, -0.05) is 42.3 Å². The van der Waals surface area contributed by atoms with Crippen molar-refractivity contribution in [1.82, 2.24) is 0 Å². The van der Waals surface area contributed by atoms with Crippen LogP contribution >= 0.6 is 0 Å². The molecule has 0 aliphatic heterocycles. The maximum absolute atomic E-state index is 12.9. The first-order valence-corrected chi connectivity index (χ1v) is 9.36. The monoisotopic (exact) mass is 339 g/mol. The number of benzene rings is 1. The lowest BCUT2D eigenvalue weighted by atomic mass is 9.97. The first-order valence-electron chi connectivity index (χ1n) is 7.70. The summed E-state index contributed by atoms with van der Waals surface area (Å²) < 4.78 is 25.8. The fraction of sp³-hybridized carbons (Fsp3) is 0.250. The second kappa shape index (κ2) is 7.46. The summed E-state index contributed by atoms with van der Waals surface area (Å²) in [6, 6.07) is 5.28. The highest BCUT2D eigenvalue weighted by molar-refractivity contribution is 7.91. The van der Waals surface area contributed by atoms with Gasteiger partial charge in [0, 0.05) is 5.57 Å². The molecule has 0 amide bonds. The lowest BCUT2D eigenvalue weighted by Gasteiger charge is -2.17. The van der Waals surface area contributed by atoms with Crippen molar-refractivity contribution in [3.63, 3.8) is 0 Å². The van der Waals surface area contributed by atoms with E-state index in [4.69, 9.17) is 0 Å². The predicted octanol–water partition coefficient (Wildman–Crippen LogP) is 4.11. The van der Waals surface area contributed by atoms with Gasteiger partial charge in [-0.2, -0.15) is 0 Å². The Morgan fingerprint density at radius 1 is 1.38 bits per heavy atom.